The highest BCUT2D eigenvalue weighted by atomic mass is 35.5. The van der Waals surface area contributed by atoms with Gasteiger partial charge in [-0.15, -0.1) is 12.4 Å². The monoisotopic (exact) mass is 326 g/mol. The van der Waals surface area contributed by atoms with Crippen LogP contribution < -0.4 is 5.32 Å². The van der Waals surface area contributed by atoms with Gasteiger partial charge < -0.3 is 15.0 Å². The molecule has 0 spiro atoms. The Bertz CT molecular complexity index is 434. The molecule has 5 heteroatoms. The van der Waals surface area contributed by atoms with Crippen molar-refractivity contribution >= 4 is 18.5 Å². The Hall–Kier alpha value is -1.26. The fraction of sp³-hybridized carbons (Fsp3) is 0.588. The molecule has 0 aliphatic carbocycles. The largest absolute Gasteiger partial charge is 0.445 e. The predicted molar refractivity (Wildman–Crippen MR) is 91.3 cm³/mol. The first-order chi connectivity index (χ1) is 10.2. The van der Waals surface area contributed by atoms with E-state index in [1.165, 1.54) is 0 Å². The van der Waals surface area contributed by atoms with E-state index in [0.29, 0.717) is 18.6 Å². The first-order valence-electron chi connectivity index (χ1n) is 7.85. The van der Waals surface area contributed by atoms with Crippen molar-refractivity contribution in [2.75, 3.05) is 19.6 Å². The molecule has 2 rings (SSSR count). The quantitative estimate of drug-likeness (QED) is 0.901. The number of amides is 1. The highest BCUT2D eigenvalue weighted by molar-refractivity contribution is 5.85. The summed E-state index contributed by atoms with van der Waals surface area (Å²) in [7, 11) is 0. The molecule has 0 bridgehead atoms. The molecule has 22 heavy (non-hydrogen) atoms. The van der Waals surface area contributed by atoms with E-state index in [2.05, 4.69) is 19.2 Å². The van der Waals surface area contributed by atoms with Crippen molar-refractivity contribution in [3.8, 4) is 0 Å². The number of hydrogen-bond acceptors (Lipinski definition) is 3. The first kappa shape index (κ1) is 18.8. The molecule has 1 saturated heterocycles. The lowest BCUT2D eigenvalue weighted by molar-refractivity contribution is 0.0681. The molecule has 124 valence electrons. The lowest BCUT2D eigenvalue weighted by Crippen LogP contribution is -2.47. The van der Waals surface area contributed by atoms with Crippen LogP contribution in [0.1, 0.15) is 32.3 Å². The van der Waals surface area contributed by atoms with E-state index in [1.54, 1.807) is 0 Å². The third-order valence-electron chi connectivity index (χ3n) is 3.75. The Kier molecular flexibility index (Phi) is 8.28. The predicted octanol–water partition coefficient (Wildman–Crippen LogP) is 3.46. The summed E-state index contributed by atoms with van der Waals surface area (Å²) in [6, 6.07) is 10.1. The number of hydrogen-bond donors (Lipinski definition) is 1. The second-order valence-corrected chi connectivity index (χ2v) is 6.07. The summed E-state index contributed by atoms with van der Waals surface area (Å²) in [6.45, 7) is 7.34. The van der Waals surface area contributed by atoms with Gasteiger partial charge in [-0.1, -0.05) is 44.2 Å². The summed E-state index contributed by atoms with van der Waals surface area (Å²) in [4.78, 5) is 14.4. The fourth-order valence-corrected chi connectivity index (χ4v) is 2.69. The second-order valence-electron chi connectivity index (χ2n) is 6.07. The van der Waals surface area contributed by atoms with Crippen LogP contribution in [0.25, 0.3) is 0 Å². The average molecular weight is 327 g/mol. The number of nitrogens with zero attached hydrogens (tertiary/aromatic N) is 1. The number of piperidine rings is 1. The first-order valence-corrected chi connectivity index (χ1v) is 7.85. The lowest BCUT2D eigenvalue weighted by Gasteiger charge is -2.35. The maximum atomic E-state index is 12.4. The Balaban J connectivity index is 0.00000242. The molecule has 1 aliphatic rings. The minimum Gasteiger partial charge on any atom is -0.445 e. The summed E-state index contributed by atoms with van der Waals surface area (Å²) >= 11 is 0. The molecule has 1 aromatic rings. The van der Waals surface area contributed by atoms with Crippen molar-refractivity contribution in [3.63, 3.8) is 0 Å². The maximum absolute atomic E-state index is 12.4. The van der Waals surface area contributed by atoms with Crippen LogP contribution in [0.2, 0.25) is 0 Å². The molecule has 0 saturated carbocycles. The van der Waals surface area contributed by atoms with Crippen molar-refractivity contribution in [3.05, 3.63) is 35.9 Å². The van der Waals surface area contributed by atoms with Crippen LogP contribution in [0, 0.1) is 5.92 Å². The van der Waals surface area contributed by atoms with Gasteiger partial charge in [-0.25, -0.2) is 4.79 Å². The standard InChI is InChI=1S/C17H26N2O2.ClH/c1-14(2)12-19(16-8-10-18-11-9-16)17(20)21-13-15-6-4-3-5-7-15;/h3-7,14,16,18H,8-13H2,1-2H3;1H. The number of carbonyl (C=O) groups is 1. The topological polar surface area (TPSA) is 41.6 Å². The molecule has 1 N–H and O–H groups in total. The fourth-order valence-electron chi connectivity index (χ4n) is 2.69. The molecule has 0 radical (unpaired) electrons. The molecular weight excluding hydrogens is 300 g/mol. The van der Waals surface area contributed by atoms with Crippen LogP contribution in [0.3, 0.4) is 0 Å². The third kappa shape index (κ3) is 5.85. The molecule has 1 aromatic carbocycles. The van der Waals surface area contributed by atoms with Crippen LogP contribution in [-0.2, 0) is 11.3 Å². The van der Waals surface area contributed by atoms with Crippen molar-refractivity contribution in [2.45, 2.75) is 39.3 Å². The minimum atomic E-state index is -0.181. The molecule has 1 heterocycles. The Morgan fingerprint density at radius 1 is 1.27 bits per heavy atom. The number of halogens is 1. The Morgan fingerprint density at radius 3 is 2.50 bits per heavy atom. The van der Waals surface area contributed by atoms with Gasteiger partial charge in [-0.05, 0) is 37.4 Å². The summed E-state index contributed by atoms with van der Waals surface area (Å²) in [5, 5.41) is 3.34. The van der Waals surface area contributed by atoms with Crippen LogP contribution in [-0.4, -0.2) is 36.7 Å². The summed E-state index contributed by atoms with van der Waals surface area (Å²) in [6.07, 6.45) is 1.83. The number of rotatable bonds is 5. The van der Waals surface area contributed by atoms with Gasteiger partial charge in [0.15, 0.2) is 0 Å². The van der Waals surface area contributed by atoms with Crippen molar-refractivity contribution in [2.24, 2.45) is 5.92 Å². The van der Waals surface area contributed by atoms with E-state index < -0.39 is 0 Å². The van der Waals surface area contributed by atoms with Crippen LogP contribution >= 0.6 is 12.4 Å². The van der Waals surface area contributed by atoms with Crippen molar-refractivity contribution in [1.29, 1.82) is 0 Å². The molecule has 1 amide bonds. The third-order valence-corrected chi connectivity index (χ3v) is 3.75. The Morgan fingerprint density at radius 2 is 1.91 bits per heavy atom. The second kappa shape index (κ2) is 9.70. The van der Waals surface area contributed by atoms with Crippen molar-refractivity contribution < 1.29 is 9.53 Å². The molecule has 0 unspecified atom stereocenters. The van der Waals surface area contributed by atoms with Gasteiger partial charge in [0.25, 0.3) is 0 Å². The summed E-state index contributed by atoms with van der Waals surface area (Å²) < 4.78 is 5.51. The zero-order valence-corrected chi connectivity index (χ0v) is 14.3. The zero-order chi connectivity index (χ0) is 15.1. The van der Waals surface area contributed by atoms with E-state index in [0.717, 1.165) is 38.0 Å². The van der Waals surface area contributed by atoms with E-state index in [-0.39, 0.29) is 18.5 Å². The molecule has 0 aromatic heterocycles. The van der Waals surface area contributed by atoms with Gasteiger partial charge in [0.2, 0.25) is 0 Å². The summed E-state index contributed by atoms with van der Waals surface area (Å²) in [5.74, 6) is 0.448. The highest BCUT2D eigenvalue weighted by Crippen LogP contribution is 2.16. The zero-order valence-electron chi connectivity index (χ0n) is 13.5. The molecule has 0 atom stereocenters. The Labute approximate surface area is 139 Å². The smallest absolute Gasteiger partial charge is 0.410 e. The number of ether oxygens (including phenoxy) is 1. The van der Waals surface area contributed by atoms with E-state index >= 15 is 0 Å². The highest BCUT2D eigenvalue weighted by Gasteiger charge is 2.26. The van der Waals surface area contributed by atoms with Gasteiger partial charge in [0, 0.05) is 12.6 Å². The van der Waals surface area contributed by atoms with Gasteiger partial charge in [-0.2, -0.15) is 0 Å². The van der Waals surface area contributed by atoms with E-state index in [1.807, 2.05) is 35.2 Å². The number of carbonyl (C=O) groups excluding carboxylic acids is 1. The van der Waals surface area contributed by atoms with Gasteiger partial charge in [0.05, 0.1) is 0 Å². The molecular formula is C17H27ClN2O2. The molecule has 4 nitrogen and oxygen atoms in total. The lowest BCUT2D eigenvalue weighted by atomic mass is 10.0. The van der Waals surface area contributed by atoms with E-state index in [4.69, 9.17) is 4.74 Å². The van der Waals surface area contributed by atoms with Gasteiger partial charge in [-0.3, -0.25) is 0 Å². The van der Waals surface area contributed by atoms with Crippen LogP contribution in [0.15, 0.2) is 30.3 Å². The molecule has 1 aliphatic heterocycles. The van der Waals surface area contributed by atoms with Gasteiger partial charge >= 0.3 is 6.09 Å². The maximum Gasteiger partial charge on any atom is 0.410 e. The SMILES string of the molecule is CC(C)CN(C(=O)OCc1ccccc1)C1CCNCC1.Cl. The average Bonchev–Trinajstić information content (AvgIpc) is 2.52. The van der Waals surface area contributed by atoms with Crippen molar-refractivity contribution in [1.82, 2.24) is 10.2 Å². The van der Waals surface area contributed by atoms with Crippen LogP contribution in [0.4, 0.5) is 4.79 Å². The van der Waals surface area contributed by atoms with Gasteiger partial charge in [0.1, 0.15) is 6.61 Å². The van der Waals surface area contributed by atoms with Crippen LogP contribution in [0.5, 0.6) is 0 Å². The number of benzene rings is 1. The molecule has 1 fully saturated rings. The summed E-state index contributed by atoms with van der Waals surface area (Å²) in [5.41, 5.74) is 1.03. The number of nitrogens with one attached hydrogen (secondary N) is 1. The van der Waals surface area contributed by atoms with E-state index in [9.17, 15) is 4.79 Å². The minimum absolute atomic E-state index is 0. The normalized spacial score (nSPS) is 15.2.